The first-order chi connectivity index (χ1) is 9.95. The molecule has 110 valence electrons. The molecule has 4 heteroatoms. The molecule has 2 rings (SSSR count). The highest BCUT2D eigenvalue weighted by Gasteiger charge is 2.10. The zero-order valence-corrected chi connectivity index (χ0v) is 14.0. The van der Waals surface area contributed by atoms with E-state index in [-0.39, 0.29) is 6.04 Å². The number of hydrogen-bond donors (Lipinski definition) is 2. The maximum Gasteiger partial charge on any atom is 0.171 e. The van der Waals surface area contributed by atoms with Crippen LogP contribution < -0.4 is 10.6 Å². The third-order valence-electron chi connectivity index (χ3n) is 3.20. The van der Waals surface area contributed by atoms with E-state index in [1.807, 2.05) is 31.2 Å². The van der Waals surface area contributed by atoms with Crippen LogP contribution in [0.4, 0.5) is 5.69 Å². The van der Waals surface area contributed by atoms with Crippen LogP contribution in [0, 0.1) is 13.8 Å². The number of rotatable bonds is 3. The molecule has 2 aromatic rings. The lowest BCUT2D eigenvalue weighted by Crippen LogP contribution is -2.31. The Bertz CT molecular complexity index is 635. The second-order valence-electron chi connectivity index (χ2n) is 5.22. The van der Waals surface area contributed by atoms with E-state index in [0.29, 0.717) is 5.11 Å². The van der Waals surface area contributed by atoms with Crippen molar-refractivity contribution in [2.75, 3.05) is 5.32 Å². The minimum Gasteiger partial charge on any atom is -0.356 e. The Balaban J connectivity index is 2.03. The van der Waals surface area contributed by atoms with Gasteiger partial charge in [0.2, 0.25) is 0 Å². The van der Waals surface area contributed by atoms with Crippen LogP contribution in [0.2, 0.25) is 5.02 Å². The van der Waals surface area contributed by atoms with Crippen molar-refractivity contribution in [3.8, 4) is 0 Å². The number of aryl methyl sites for hydroxylation is 2. The first-order valence-electron chi connectivity index (χ1n) is 6.86. The lowest BCUT2D eigenvalue weighted by atomic mass is 10.1. The van der Waals surface area contributed by atoms with Gasteiger partial charge in [0, 0.05) is 10.7 Å². The van der Waals surface area contributed by atoms with Crippen molar-refractivity contribution >= 4 is 34.6 Å². The minimum atomic E-state index is 0.0459. The van der Waals surface area contributed by atoms with Gasteiger partial charge in [-0.2, -0.15) is 0 Å². The summed E-state index contributed by atoms with van der Waals surface area (Å²) in [7, 11) is 0. The molecule has 0 aromatic heterocycles. The quantitative estimate of drug-likeness (QED) is 0.778. The Hall–Kier alpha value is -1.58. The highest BCUT2D eigenvalue weighted by Crippen LogP contribution is 2.22. The van der Waals surface area contributed by atoms with Gasteiger partial charge in [0.1, 0.15) is 0 Å². The predicted molar refractivity (Wildman–Crippen MR) is 95.1 cm³/mol. The third-order valence-corrected chi connectivity index (χ3v) is 3.76. The molecule has 2 N–H and O–H groups in total. The highest BCUT2D eigenvalue weighted by molar-refractivity contribution is 7.80. The van der Waals surface area contributed by atoms with Crippen LogP contribution >= 0.6 is 23.8 Å². The van der Waals surface area contributed by atoms with E-state index in [1.165, 1.54) is 11.1 Å². The van der Waals surface area contributed by atoms with Gasteiger partial charge in [0.25, 0.3) is 0 Å². The van der Waals surface area contributed by atoms with Crippen molar-refractivity contribution in [2.24, 2.45) is 0 Å². The van der Waals surface area contributed by atoms with Gasteiger partial charge in [0.05, 0.1) is 6.04 Å². The normalized spacial score (nSPS) is 11.8. The first-order valence-corrected chi connectivity index (χ1v) is 7.64. The fourth-order valence-corrected chi connectivity index (χ4v) is 2.91. The van der Waals surface area contributed by atoms with E-state index in [2.05, 4.69) is 42.7 Å². The number of hydrogen-bond acceptors (Lipinski definition) is 1. The van der Waals surface area contributed by atoms with E-state index >= 15 is 0 Å². The minimum absolute atomic E-state index is 0.0459. The summed E-state index contributed by atoms with van der Waals surface area (Å²) in [5.41, 5.74) is 4.44. The molecule has 2 nitrogen and oxygen atoms in total. The Morgan fingerprint density at radius 1 is 1.10 bits per heavy atom. The summed E-state index contributed by atoms with van der Waals surface area (Å²) >= 11 is 11.6. The molecule has 2 aromatic carbocycles. The van der Waals surface area contributed by atoms with Crippen molar-refractivity contribution in [3.63, 3.8) is 0 Å². The van der Waals surface area contributed by atoms with Gasteiger partial charge in [-0.25, -0.2) is 0 Å². The molecule has 0 amide bonds. The Morgan fingerprint density at radius 3 is 2.33 bits per heavy atom. The zero-order chi connectivity index (χ0) is 15.4. The maximum atomic E-state index is 6.20. The van der Waals surface area contributed by atoms with Gasteiger partial charge in [0.15, 0.2) is 5.11 Å². The molecule has 0 fully saturated rings. The maximum absolute atomic E-state index is 6.20. The van der Waals surface area contributed by atoms with Crippen molar-refractivity contribution in [1.29, 1.82) is 0 Å². The molecule has 0 aliphatic rings. The average molecular weight is 319 g/mol. The number of benzene rings is 2. The van der Waals surface area contributed by atoms with Crippen LogP contribution in [0.1, 0.15) is 29.7 Å². The lowest BCUT2D eigenvalue weighted by molar-refractivity contribution is 0.723. The van der Waals surface area contributed by atoms with E-state index < -0.39 is 0 Å². The molecular weight excluding hydrogens is 300 g/mol. The molecule has 21 heavy (non-hydrogen) atoms. The van der Waals surface area contributed by atoms with Gasteiger partial charge in [-0.1, -0.05) is 35.9 Å². The summed E-state index contributed by atoms with van der Waals surface area (Å²) < 4.78 is 0. The Labute approximate surface area is 136 Å². The molecule has 0 unspecified atom stereocenters. The van der Waals surface area contributed by atoms with Gasteiger partial charge >= 0.3 is 0 Å². The highest BCUT2D eigenvalue weighted by atomic mass is 35.5. The van der Waals surface area contributed by atoms with Crippen LogP contribution in [0.3, 0.4) is 0 Å². The van der Waals surface area contributed by atoms with E-state index in [1.54, 1.807) is 0 Å². The van der Waals surface area contributed by atoms with Crippen LogP contribution in [-0.4, -0.2) is 5.11 Å². The summed E-state index contributed by atoms with van der Waals surface area (Å²) in [6, 6.07) is 14.1. The fourth-order valence-electron chi connectivity index (χ4n) is 2.31. The summed E-state index contributed by atoms with van der Waals surface area (Å²) in [5.74, 6) is 0. The Kier molecular flexibility index (Phi) is 5.21. The second-order valence-corrected chi connectivity index (χ2v) is 6.03. The van der Waals surface area contributed by atoms with Crippen molar-refractivity contribution in [3.05, 3.63) is 64.2 Å². The topological polar surface area (TPSA) is 24.1 Å². The first kappa shape index (κ1) is 15.8. The van der Waals surface area contributed by atoms with Crippen molar-refractivity contribution < 1.29 is 0 Å². The molecule has 0 aliphatic carbocycles. The smallest absolute Gasteiger partial charge is 0.171 e. The summed E-state index contributed by atoms with van der Waals surface area (Å²) in [4.78, 5) is 0. The monoisotopic (exact) mass is 318 g/mol. The molecule has 0 saturated heterocycles. The molecule has 0 bridgehead atoms. The molecule has 0 aliphatic heterocycles. The van der Waals surface area contributed by atoms with Crippen LogP contribution in [0.25, 0.3) is 0 Å². The van der Waals surface area contributed by atoms with Crippen molar-refractivity contribution in [2.45, 2.75) is 26.8 Å². The van der Waals surface area contributed by atoms with Gasteiger partial charge in [-0.3, -0.25) is 0 Å². The molecule has 0 radical (unpaired) electrons. The zero-order valence-electron chi connectivity index (χ0n) is 12.4. The van der Waals surface area contributed by atoms with Gasteiger partial charge in [-0.05, 0) is 67.9 Å². The van der Waals surface area contributed by atoms with E-state index in [0.717, 1.165) is 16.3 Å². The van der Waals surface area contributed by atoms with Gasteiger partial charge < -0.3 is 10.6 Å². The van der Waals surface area contributed by atoms with Crippen LogP contribution in [0.15, 0.2) is 42.5 Å². The summed E-state index contributed by atoms with van der Waals surface area (Å²) in [5, 5.41) is 7.81. The Morgan fingerprint density at radius 2 is 1.71 bits per heavy atom. The largest absolute Gasteiger partial charge is 0.356 e. The SMILES string of the molecule is Cc1cc(C)cc(NC(=S)N[C@H](C)c2ccccc2Cl)c1. The van der Waals surface area contributed by atoms with Crippen molar-refractivity contribution in [1.82, 2.24) is 5.32 Å². The number of thiocarbonyl (C=S) groups is 1. The molecule has 0 spiro atoms. The van der Waals surface area contributed by atoms with Crippen LogP contribution in [0.5, 0.6) is 0 Å². The molecule has 1 atom stereocenters. The number of nitrogens with one attached hydrogen (secondary N) is 2. The molecule has 0 heterocycles. The standard InChI is InChI=1S/C17H19ClN2S/c1-11-8-12(2)10-14(9-11)20-17(21)19-13(3)15-6-4-5-7-16(15)18/h4-10,13H,1-3H3,(H2,19,20,21)/t13-/m1/s1. The lowest BCUT2D eigenvalue weighted by Gasteiger charge is -2.18. The molecule has 0 saturated carbocycles. The second kappa shape index (κ2) is 6.92. The number of halogens is 1. The van der Waals surface area contributed by atoms with E-state index in [9.17, 15) is 0 Å². The van der Waals surface area contributed by atoms with Crippen LogP contribution in [-0.2, 0) is 0 Å². The number of anilines is 1. The third kappa shape index (κ3) is 4.45. The average Bonchev–Trinajstić information content (AvgIpc) is 2.37. The molecular formula is C17H19ClN2S. The predicted octanol–water partition coefficient (Wildman–Crippen LogP) is 5.00. The fraction of sp³-hybridized carbons (Fsp3) is 0.235. The summed E-state index contributed by atoms with van der Waals surface area (Å²) in [6.07, 6.45) is 0. The summed E-state index contributed by atoms with van der Waals surface area (Å²) in [6.45, 7) is 6.18. The van der Waals surface area contributed by atoms with Gasteiger partial charge in [-0.15, -0.1) is 0 Å². The van der Waals surface area contributed by atoms with E-state index in [4.69, 9.17) is 23.8 Å².